The van der Waals surface area contributed by atoms with Gasteiger partial charge in [0.1, 0.15) is 5.82 Å². The van der Waals surface area contributed by atoms with Crippen LogP contribution in [0.5, 0.6) is 0 Å². The number of aromatic nitrogens is 2. The highest BCUT2D eigenvalue weighted by Gasteiger charge is 2.25. The van der Waals surface area contributed by atoms with Crippen LogP contribution >= 0.6 is 15.9 Å². The standard InChI is InChI=1S/C20H21BrN4O/c21-15-5-7-16(8-6-15)22-20(26)14-9-11-25(12-10-14)13-19-23-17-3-1-2-4-18(17)24-19/h1-8,14H,9-13H2,(H,22,26)(H,23,24). The number of nitrogens with zero attached hydrogens (tertiary/aromatic N) is 2. The molecule has 6 heteroatoms. The van der Waals surface area contributed by atoms with Crippen LogP contribution in [-0.4, -0.2) is 33.9 Å². The molecule has 2 aromatic carbocycles. The molecule has 1 saturated heterocycles. The summed E-state index contributed by atoms with van der Waals surface area (Å²) >= 11 is 3.41. The average Bonchev–Trinajstić information content (AvgIpc) is 3.06. The highest BCUT2D eigenvalue weighted by molar-refractivity contribution is 9.10. The minimum absolute atomic E-state index is 0.0746. The first-order valence-corrected chi connectivity index (χ1v) is 9.69. The molecule has 1 aliphatic heterocycles. The maximum Gasteiger partial charge on any atom is 0.227 e. The van der Waals surface area contributed by atoms with Crippen LogP contribution in [0.4, 0.5) is 5.69 Å². The number of carbonyl (C=O) groups is 1. The van der Waals surface area contributed by atoms with E-state index in [1.807, 2.05) is 48.5 Å². The van der Waals surface area contributed by atoms with Crippen molar-refractivity contribution in [1.29, 1.82) is 0 Å². The molecule has 134 valence electrons. The van der Waals surface area contributed by atoms with Crippen LogP contribution in [0.2, 0.25) is 0 Å². The van der Waals surface area contributed by atoms with Gasteiger partial charge in [0.25, 0.3) is 0 Å². The lowest BCUT2D eigenvalue weighted by Crippen LogP contribution is -2.38. The molecule has 0 bridgehead atoms. The SMILES string of the molecule is O=C(Nc1ccc(Br)cc1)C1CCN(Cc2nc3ccccc3[nH]2)CC1. The fourth-order valence-electron chi connectivity index (χ4n) is 3.42. The molecule has 4 rings (SSSR count). The van der Waals surface area contributed by atoms with Crippen molar-refractivity contribution < 1.29 is 4.79 Å². The molecule has 3 aromatic rings. The van der Waals surface area contributed by atoms with Crippen LogP contribution in [0, 0.1) is 5.92 Å². The first-order valence-electron chi connectivity index (χ1n) is 8.90. The number of anilines is 1. The van der Waals surface area contributed by atoms with Crippen LogP contribution in [0.15, 0.2) is 53.0 Å². The number of hydrogen-bond acceptors (Lipinski definition) is 3. The highest BCUT2D eigenvalue weighted by Crippen LogP contribution is 2.22. The van der Waals surface area contributed by atoms with E-state index in [2.05, 4.69) is 36.1 Å². The maximum absolute atomic E-state index is 12.5. The number of benzene rings is 2. The van der Waals surface area contributed by atoms with Gasteiger partial charge in [0.05, 0.1) is 17.6 Å². The lowest BCUT2D eigenvalue weighted by atomic mass is 9.96. The molecule has 0 unspecified atom stereocenters. The molecule has 2 N–H and O–H groups in total. The number of para-hydroxylation sites is 2. The maximum atomic E-state index is 12.5. The summed E-state index contributed by atoms with van der Waals surface area (Å²) in [7, 11) is 0. The van der Waals surface area contributed by atoms with Crippen molar-refractivity contribution in [3.8, 4) is 0 Å². The van der Waals surface area contributed by atoms with Crippen molar-refractivity contribution in [2.45, 2.75) is 19.4 Å². The van der Waals surface area contributed by atoms with E-state index < -0.39 is 0 Å². The van der Waals surface area contributed by atoms with E-state index >= 15 is 0 Å². The zero-order chi connectivity index (χ0) is 17.9. The number of amides is 1. The number of aromatic amines is 1. The molecule has 1 aliphatic rings. The third kappa shape index (κ3) is 3.97. The predicted octanol–water partition coefficient (Wildman–Crippen LogP) is 4.18. The molecule has 0 aliphatic carbocycles. The van der Waals surface area contributed by atoms with Crippen molar-refractivity contribution in [3.05, 3.63) is 58.8 Å². The second kappa shape index (κ2) is 7.60. The van der Waals surface area contributed by atoms with Gasteiger partial charge in [-0.15, -0.1) is 0 Å². The Morgan fingerprint density at radius 2 is 1.88 bits per heavy atom. The number of carbonyl (C=O) groups excluding carboxylic acids is 1. The number of hydrogen-bond donors (Lipinski definition) is 2. The van der Waals surface area contributed by atoms with Crippen molar-refractivity contribution >= 4 is 38.6 Å². The van der Waals surface area contributed by atoms with Gasteiger partial charge in [-0.05, 0) is 62.3 Å². The van der Waals surface area contributed by atoms with E-state index in [1.54, 1.807) is 0 Å². The predicted molar refractivity (Wildman–Crippen MR) is 107 cm³/mol. The number of nitrogens with one attached hydrogen (secondary N) is 2. The van der Waals surface area contributed by atoms with Gasteiger partial charge in [-0.25, -0.2) is 4.98 Å². The van der Waals surface area contributed by atoms with Crippen LogP contribution < -0.4 is 5.32 Å². The minimum Gasteiger partial charge on any atom is -0.341 e. The summed E-state index contributed by atoms with van der Waals surface area (Å²) in [6.07, 6.45) is 1.76. The summed E-state index contributed by atoms with van der Waals surface area (Å²) in [5.74, 6) is 1.19. The first kappa shape index (κ1) is 17.2. The Balaban J connectivity index is 1.30. The van der Waals surface area contributed by atoms with Crippen LogP contribution in [0.3, 0.4) is 0 Å². The van der Waals surface area contributed by atoms with Crippen molar-refractivity contribution in [2.24, 2.45) is 5.92 Å². The van der Waals surface area contributed by atoms with Crippen molar-refractivity contribution in [3.63, 3.8) is 0 Å². The number of fused-ring (bicyclic) bond motifs is 1. The number of H-pyrrole nitrogens is 1. The zero-order valence-corrected chi connectivity index (χ0v) is 16.0. The molecular weight excluding hydrogens is 392 g/mol. The van der Waals surface area contributed by atoms with Gasteiger partial charge >= 0.3 is 0 Å². The molecule has 1 aromatic heterocycles. The van der Waals surface area contributed by atoms with Gasteiger partial charge in [-0.1, -0.05) is 28.1 Å². The molecular formula is C20H21BrN4O. The lowest BCUT2D eigenvalue weighted by molar-refractivity contribution is -0.121. The molecule has 26 heavy (non-hydrogen) atoms. The van der Waals surface area contributed by atoms with Crippen molar-refractivity contribution in [2.75, 3.05) is 18.4 Å². The second-order valence-electron chi connectivity index (χ2n) is 6.75. The normalized spacial score (nSPS) is 16.0. The number of rotatable bonds is 4. The summed E-state index contributed by atoms with van der Waals surface area (Å²) in [6, 6.07) is 15.8. The summed E-state index contributed by atoms with van der Waals surface area (Å²) in [5.41, 5.74) is 2.93. The first-order chi connectivity index (χ1) is 12.7. The zero-order valence-electron chi connectivity index (χ0n) is 14.4. The monoisotopic (exact) mass is 412 g/mol. The minimum atomic E-state index is 0.0746. The smallest absolute Gasteiger partial charge is 0.227 e. The molecule has 5 nitrogen and oxygen atoms in total. The van der Waals surface area contributed by atoms with Crippen LogP contribution in [0.1, 0.15) is 18.7 Å². The third-order valence-electron chi connectivity index (χ3n) is 4.88. The van der Waals surface area contributed by atoms with Crippen molar-refractivity contribution in [1.82, 2.24) is 14.9 Å². The molecule has 0 radical (unpaired) electrons. The van der Waals surface area contributed by atoms with Gasteiger partial charge in [-0.2, -0.15) is 0 Å². The Morgan fingerprint density at radius 1 is 1.15 bits per heavy atom. The van der Waals surface area contributed by atoms with Gasteiger partial charge < -0.3 is 10.3 Å². The molecule has 1 amide bonds. The van der Waals surface area contributed by atoms with E-state index in [1.165, 1.54) is 0 Å². The lowest BCUT2D eigenvalue weighted by Gasteiger charge is -2.30. The van der Waals surface area contributed by atoms with E-state index in [9.17, 15) is 4.79 Å². The molecule has 1 fully saturated rings. The molecule has 0 atom stereocenters. The van der Waals surface area contributed by atoms with Crippen LogP contribution in [-0.2, 0) is 11.3 Å². The summed E-state index contributed by atoms with van der Waals surface area (Å²) < 4.78 is 1.01. The Kier molecular flexibility index (Phi) is 5.04. The van der Waals surface area contributed by atoms with Gasteiger partial charge in [0, 0.05) is 16.1 Å². The van der Waals surface area contributed by atoms with E-state index in [4.69, 9.17) is 0 Å². The Bertz CT molecular complexity index is 865. The molecule has 2 heterocycles. The third-order valence-corrected chi connectivity index (χ3v) is 5.41. The van der Waals surface area contributed by atoms with Gasteiger partial charge in [0.2, 0.25) is 5.91 Å². The summed E-state index contributed by atoms with van der Waals surface area (Å²) in [4.78, 5) is 22.9. The fourth-order valence-corrected chi connectivity index (χ4v) is 3.69. The van der Waals surface area contributed by atoms with Gasteiger partial charge in [-0.3, -0.25) is 9.69 Å². The van der Waals surface area contributed by atoms with E-state index in [0.717, 1.165) is 59.5 Å². The Hall–Kier alpha value is -2.18. The molecule has 0 saturated carbocycles. The summed E-state index contributed by atoms with van der Waals surface area (Å²) in [6.45, 7) is 2.63. The average molecular weight is 413 g/mol. The Labute approximate surface area is 160 Å². The van der Waals surface area contributed by atoms with Gasteiger partial charge in [0.15, 0.2) is 0 Å². The number of imidazole rings is 1. The fraction of sp³-hybridized carbons (Fsp3) is 0.300. The number of halogens is 1. The largest absolute Gasteiger partial charge is 0.341 e. The second-order valence-corrected chi connectivity index (χ2v) is 7.66. The topological polar surface area (TPSA) is 61.0 Å². The van der Waals surface area contributed by atoms with E-state index in [-0.39, 0.29) is 11.8 Å². The number of piperidine rings is 1. The highest BCUT2D eigenvalue weighted by atomic mass is 79.9. The Morgan fingerprint density at radius 3 is 2.62 bits per heavy atom. The van der Waals surface area contributed by atoms with E-state index in [0.29, 0.717) is 0 Å². The quantitative estimate of drug-likeness (QED) is 0.675. The molecule has 0 spiro atoms. The number of likely N-dealkylation sites (tertiary alicyclic amines) is 1. The summed E-state index contributed by atoms with van der Waals surface area (Å²) in [5, 5.41) is 3.02. The van der Waals surface area contributed by atoms with Crippen LogP contribution in [0.25, 0.3) is 11.0 Å².